The highest BCUT2D eigenvalue weighted by Gasteiger charge is 2.07. The number of hydrogen-bond acceptors (Lipinski definition) is 5. The summed E-state index contributed by atoms with van der Waals surface area (Å²) in [6.45, 7) is 4.84. The van der Waals surface area contributed by atoms with Gasteiger partial charge in [-0.2, -0.15) is 0 Å². The maximum absolute atomic E-state index is 10.2. The summed E-state index contributed by atoms with van der Waals surface area (Å²) in [6.07, 6.45) is 1.59. The van der Waals surface area contributed by atoms with Crippen molar-refractivity contribution in [1.29, 1.82) is 0 Å². The first-order valence-corrected chi connectivity index (χ1v) is 7.49. The average molecular weight is 315 g/mol. The van der Waals surface area contributed by atoms with E-state index in [9.17, 15) is 5.11 Å². The van der Waals surface area contributed by atoms with Gasteiger partial charge in [-0.25, -0.2) is 0 Å². The predicted molar refractivity (Wildman–Crippen MR) is 90.7 cm³/mol. The second-order valence-electron chi connectivity index (χ2n) is 4.65. The number of aliphatic imine (C=N–C) groups is 1. The van der Waals surface area contributed by atoms with Gasteiger partial charge in [-0.05, 0) is 38.1 Å². The van der Waals surface area contributed by atoms with Crippen molar-refractivity contribution >= 4 is 11.9 Å². The van der Waals surface area contributed by atoms with Gasteiger partial charge in [0, 0.05) is 17.8 Å². The van der Waals surface area contributed by atoms with Crippen LogP contribution in [0.1, 0.15) is 19.4 Å². The highest BCUT2D eigenvalue weighted by molar-refractivity contribution is 5.86. The molecule has 5 nitrogen and oxygen atoms in total. The van der Waals surface area contributed by atoms with Gasteiger partial charge >= 0.3 is 0 Å². The third-order valence-corrected chi connectivity index (χ3v) is 3.13. The summed E-state index contributed by atoms with van der Waals surface area (Å²) in [4.78, 5) is 4.37. The number of phenolic OH excluding ortho intramolecular Hbond substituents is 1. The normalized spacial score (nSPS) is 10.7. The fourth-order valence-corrected chi connectivity index (χ4v) is 2.07. The molecule has 0 bridgehead atoms. The van der Waals surface area contributed by atoms with Crippen molar-refractivity contribution in [3.05, 3.63) is 42.0 Å². The Balaban J connectivity index is 2.25. The lowest BCUT2D eigenvalue weighted by molar-refractivity contribution is 0.311. The number of nitrogens with zero attached hydrogens (tertiary/aromatic N) is 1. The van der Waals surface area contributed by atoms with Gasteiger partial charge < -0.3 is 19.3 Å². The Labute approximate surface area is 136 Å². The summed E-state index contributed by atoms with van der Waals surface area (Å²) in [6, 6.07) is 10.7. The van der Waals surface area contributed by atoms with Crippen molar-refractivity contribution in [1.82, 2.24) is 0 Å². The predicted octanol–water partition coefficient (Wildman–Crippen LogP) is 3.95. The maximum Gasteiger partial charge on any atom is 0.166 e. The Morgan fingerprint density at radius 1 is 1.00 bits per heavy atom. The largest absolute Gasteiger partial charge is 0.504 e. The fraction of sp³-hybridized carbons (Fsp3) is 0.278. The van der Waals surface area contributed by atoms with E-state index in [1.54, 1.807) is 31.5 Å². The van der Waals surface area contributed by atoms with Gasteiger partial charge in [-0.1, -0.05) is 6.07 Å². The average Bonchev–Trinajstić information content (AvgIpc) is 2.57. The number of hydrogen-bond donors (Lipinski definition) is 1. The molecule has 0 amide bonds. The van der Waals surface area contributed by atoms with Crippen LogP contribution in [0.2, 0.25) is 0 Å². The molecule has 2 rings (SSSR count). The molecule has 0 aliphatic carbocycles. The molecule has 23 heavy (non-hydrogen) atoms. The number of aromatic hydroxyl groups is 1. The number of methoxy groups -OCH3 is 1. The highest BCUT2D eigenvalue weighted by Crippen LogP contribution is 2.32. The van der Waals surface area contributed by atoms with Crippen molar-refractivity contribution < 1.29 is 19.3 Å². The molecule has 2 aromatic carbocycles. The molecule has 0 radical (unpaired) electrons. The van der Waals surface area contributed by atoms with Gasteiger partial charge in [0.15, 0.2) is 23.0 Å². The topological polar surface area (TPSA) is 60.3 Å². The zero-order valence-electron chi connectivity index (χ0n) is 13.6. The Bertz CT molecular complexity index is 683. The molecule has 0 aromatic heterocycles. The second-order valence-corrected chi connectivity index (χ2v) is 4.65. The van der Waals surface area contributed by atoms with Gasteiger partial charge in [0.25, 0.3) is 0 Å². The summed E-state index contributed by atoms with van der Waals surface area (Å²) in [7, 11) is 1.59. The monoisotopic (exact) mass is 315 g/mol. The van der Waals surface area contributed by atoms with Gasteiger partial charge in [0.1, 0.15) is 0 Å². The minimum atomic E-state index is 0.0796. The van der Waals surface area contributed by atoms with Crippen LogP contribution in [-0.2, 0) is 0 Å². The van der Waals surface area contributed by atoms with Crippen LogP contribution in [0.4, 0.5) is 5.69 Å². The Morgan fingerprint density at radius 3 is 2.43 bits per heavy atom. The Morgan fingerprint density at radius 2 is 1.74 bits per heavy atom. The van der Waals surface area contributed by atoms with Crippen molar-refractivity contribution in [3.8, 4) is 23.0 Å². The van der Waals surface area contributed by atoms with Crippen molar-refractivity contribution in [2.75, 3.05) is 20.3 Å². The number of phenols is 1. The molecule has 0 aliphatic heterocycles. The maximum atomic E-state index is 10.2. The molecule has 0 saturated carbocycles. The lowest BCUT2D eigenvalue weighted by atomic mass is 10.2. The summed E-state index contributed by atoms with van der Waals surface area (Å²) < 4.78 is 16.1. The van der Waals surface area contributed by atoms with Crippen molar-refractivity contribution in [2.24, 2.45) is 4.99 Å². The molecule has 0 fully saturated rings. The third kappa shape index (κ3) is 4.16. The van der Waals surface area contributed by atoms with Crippen LogP contribution < -0.4 is 14.2 Å². The van der Waals surface area contributed by atoms with Crippen molar-refractivity contribution in [2.45, 2.75) is 13.8 Å². The van der Waals surface area contributed by atoms with Crippen LogP contribution in [0, 0.1) is 0 Å². The first-order chi connectivity index (χ1) is 11.2. The summed E-state index contributed by atoms with van der Waals surface area (Å²) in [5, 5.41) is 10.2. The van der Waals surface area contributed by atoms with Crippen LogP contribution in [0.5, 0.6) is 23.0 Å². The van der Waals surface area contributed by atoms with Gasteiger partial charge in [-0.15, -0.1) is 0 Å². The standard InChI is InChI=1S/C18H21NO4/c1-4-22-15-10-9-14(11-17(15)21-3)19-12-13-7-6-8-16(18(13)20)23-5-2/h6-12,20H,4-5H2,1-3H3. The van der Waals surface area contributed by atoms with Crippen LogP contribution in [0.25, 0.3) is 0 Å². The smallest absolute Gasteiger partial charge is 0.166 e. The molecule has 0 saturated heterocycles. The summed E-state index contributed by atoms with van der Waals surface area (Å²) in [5.74, 6) is 1.82. The van der Waals surface area contributed by atoms with E-state index in [1.807, 2.05) is 32.0 Å². The van der Waals surface area contributed by atoms with E-state index in [0.717, 1.165) is 0 Å². The number of benzene rings is 2. The zero-order chi connectivity index (χ0) is 16.7. The molecule has 0 unspecified atom stereocenters. The third-order valence-electron chi connectivity index (χ3n) is 3.13. The van der Waals surface area contributed by atoms with E-state index in [4.69, 9.17) is 14.2 Å². The lowest BCUT2D eigenvalue weighted by Gasteiger charge is -2.09. The SMILES string of the molecule is CCOc1ccc(N=Cc2cccc(OCC)c2O)cc1OC. The van der Waals surface area contributed by atoms with Crippen LogP contribution in [0.15, 0.2) is 41.4 Å². The first kappa shape index (κ1) is 16.7. The Hall–Kier alpha value is -2.69. The molecular weight excluding hydrogens is 294 g/mol. The van der Waals surface area contributed by atoms with Crippen LogP contribution in [0.3, 0.4) is 0 Å². The highest BCUT2D eigenvalue weighted by atomic mass is 16.5. The van der Waals surface area contributed by atoms with Crippen LogP contribution >= 0.6 is 0 Å². The first-order valence-electron chi connectivity index (χ1n) is 7.49. The number of rotatable bonds is 7. The molecule has 0 heterocycles. The second kappa shape index (κ2) is 8.08. The molecule has 0 atom stereocenters. The van der Waals surface area contributed by atoms with Crippen LogP contribution in [-0.4, -0.2) is 31.6 Å². The molecule has 2 aromatic rings. The number of para-hydroxylation sites is 1. The zero-order valence-corrected chi connectivity index (χ0v) is 13.6. The lowest BCUT2D eigenvalue weighted by Crippen LogP contribution is -1.95. The summed E-state index contributed by atoms with van der Waals surface area (Å²) in [5.41, 5.74) is 1.29. The van der Waals surface area contributed by atoms with E-state index in [1.165, 1.54) is 0 Å². The Kier molecular flexibility index (Phi) is 5.86. The van der Waals surface area contributed by atoms with E-state index >= 15 is 0 Å². The van der Waals surface area contributed by atoms with Gasteiger partial charge in [0.05, 0.1) is 26.0 Å². The molecule has 5 heteroatoms. The van der Waals surface area contributed by atoms with Gasteiger partial charge in [-0.3, -0.25) is 4.99 Å². The molecule has 122 valence electrons. The quantitative estimate of drug-likeness (QED) is 0.786. The molecule has 1 N–H and O–H groups in total. The number of ether oxygens (including phenoxy) is 3. The van der Waals surface area contributed by atoms with Gasteiger partial charge in [0.2, 0.25) is 0 Å². The molecule has 0 aliphatic rings. The summed E-state index contributed by atoms with van der Waals surface area (Å²) >= 11 is 0. The van der Waals surface area contributed by atoms with E-state index < -0.39 is 0 Å². The minimum Gasteiger partial charge on any atom is -0.504 e. The van der Waals surface area contributed by atoms with E-state index in [2.05, 4.69) is 4.99 Å². The van der Waals surface area contributed by atoms with E-state index in [0.29, 0.717) is 41.7 Å². The fourth-order valence-electron chi connectivity index (χ4n) is 2.07. The van der Waals surface area contributed by atoms with Crippen molar-refractivity contribution in [3.63, 3.8) is 0 Å². The van der Waals surface area contributed by atoms with E-state index in [-0.39, 0.29) is 5.75 Å². The molecular formula is C18H21NO4. The minimum absolute atomic E-state index is 0.0796. The molecule has 0 spiro atoms.